The van der Waals surface area contributed by atoms with Crippen LogP contribution in [0.2, 0.25) is 0 Å². The summed E-state index contributed by atoms with van der Waals surface area (Å²) in [7, 11) is 0. The van der Waals surface area contributed by atoms with Gasteiger partial charge in [-0.3, -0.25) is 0 Å². The third kappa shape index (κ3) is 3.45. The number of para-hydroxylation sites is 2. The van der Waals surface area contributed by atoms with E-state index in [1.807, 2.05) is 55.6 Å². The van der Waals surface area contributed by atoms with E-state index in [1.165, 1.54) is 12.1 Å². The van der Waals surface area contributed by atoms with Gasteiger partial charge in [-0.15, -0.1) is 0 Å². The molecule has 144 valence electrons. The van der Waals surface area contributed by atoms with Crippen molar-refractivity contribution in [3.63, 3.8) is 0 Å². The molecule has 4 rings (SSSR count). The number of carbonyl (C=O) groups excluding carboxylic acids is 1. The molecule has 1 atom stereocenters. The number of hydrogen-bond acceptors (Lipinski definition) is 2. The van der Waals surface area contributed by atoms with E-state index in [0.29, 0.717) is 31.1 Å². The van der Waals surface area contributed by atoms with E-state index in [-0.39, 0.29) is 17.9 Å². The maximum atomic E-state index is 13.9. The standard InChI is InChI=1S/C22H22FN3O2/c1-2-28-20-11-4-3-9-18(20)24-22(27)26-14-13-25-12-6-10-19(25)21(26)16-7-5-8-17(23)15-16/h3-12,15,21H,2,13-14H2,1H3,(H,24,27). The Morgan fingerprint density at radius 3 is 2.82 bits per heavy atom. The van der Waals surface area contributed by atoms with Gasteiger partial charge in [-0.05, 0) is 48.9 Å². The number of halogens is 1. The summed E-state index contributed by atoms with van der Waals surface area (Å²) < 4.78 is 21.6. The Morgan fingerprint density at radius 2 is 2.00 bits per heavy atom. The SMILES string of the molecule is CCOc1ccccc1NC(=O)N1CCn2cccc2C1c1cccc(F)c1. The Kier molecular flexibility index (Phi) is 5.02. The molecule has 0 aliphatic carbocycles. The Bertz CT molecular complexity index is 985. The molecule has 1 N–H and O–H groups in total. The van der Waals surface area contributed by atoms with E-state index in [4.69, 9.17) is 4.74 Å². The van der Waals surface area contributed by atoms with Crippen LogP contribution in [0.4, 0.5) is 14.9 Å². The van der Waals surface area contributed by atoms with Crippen molar-refractivity contribution in [2.45, 2.75) is 19.5 Å². The number of ether oxygens (including phenoxy) is 1. The lowest BCUT2D eigenvalue weighted by molar-refractivity contribution is 0.181. The highest BCUT2D eigenvalue weighted by atomic mass is 19.1. The minimum atomic E-state index is -0.362. The van der Waals surface area contributed by atoms with Gasteiger partial charge in [-0.2, -0.15) is 0 Å². The smallest absolute Gasteiger partial charge is 0.322 e. The van der Waals surface area contributed by atoms with Crippen LogP contribution in [-0.2, 0) is 6.54 Å². The van der Waals surface area contributed by atoms with E-state index in [0.717, 1.165) is 11.3 Å². The highest BCUT2D eigenvalue weighted by Crippen LogP contribution is 2.34. The van der Waals surface area contributed by atoms with Gasteiger partial charge in [-0.25, -0.2) is 9.18 Å². The van der Waals surface area contributed by atoms with Crippen molar-refractivity contribution in [2.75, 3.05) is 18.5 Å². The van der Waals surface area contributed by atoms with Gasteiger partial charge in [-0.1, -0.05) is 24.3 Å². The van der Waals surface area contributed by atoms with Crippen LogP contribution >= 0.6 is 0 Å². The van der Waals surface area contributed by atoms with Crippen LogP contribution < -0.4 is 10.1 Å². The van der Waals surface area contributed by atoms with Gasteiger partial charge in [0.05, 0.1) is 18.3 Å². The van der Waals surface area contributed by atoms with Gasteiger partial charge < -0.3 is 19.5 Å². The normalized spacial score (nSPS) is 15.8. The van der Waals surface area contributed by atoms with Crippen molar-refractivity contribution in [1.82, 2.24) is 9.47 Å². The van der Waals surface area contributed by atoms with Crippen molar-refractivity contribution in [1.29, 1.82) is 0 Å². The number of carbonyl (C=O) groups is 1. The first-order valence-corrected chi connectivity index (χ1v) is 9.37. The number of amides is 2. The molecule has 0 saturated heterocycles. The summed E-state index contributed by atoms with van der Waals surface area (Å²) in [5.41, 5.74) is 2.33. The summed E-state index contributed by atoms with van der Waals surface area (Å²) in [4.78, 5) is 14.9. The van der Waals surface area contributed by atoms with Crippen LogP contribution in [0.15, 0.2) is 66.9 Å². The zero-order chi connectivity index (χ0) is 19.5. The summed E-state index contributed by atoms with van der Waals surface area (Å²) in [5, 5.41) is 2.96. The van der Waals surface area contributed by atoms with E-state index < -0.39 is 0 Å². The first-order valence-electron chi connectivity index (χ1n) is 9.37. The number of urea groups is 1. The summed E-state index contributed by atoms with van der Waals surface area (Å²) >= 11 is 0. The molecule has 0 bridgehead atoms. The molecule has 28 heavy (non-hydrogen) atoms. The molecule has 0 spiro atoms. The van der Waals surface area contributed by atoms with E-state index in [1.54, 1.807) is 11.0 Å². The monoisotopic (exact) mass is 379 g/mol. The number of nitrogens with one attached hydrogen (secondary N) is 1. The van der Waals surface area contributed by atoms with Crippen LogP contribution in [0.3, 0.4) is 0 Å². The predicted octanol–water partition coefficient (Wildman–Crippen LogP) is 4.66. The average Bonchev–Trinajstić information content (AvgIpc) is 3.17. The zero-order valence-corrected chi connectivity index (χ0v) is 15.6. The predicted molar refractivity (Wildman–Crippen MR) is 106 cm³/mol. The molecule has 3 aromatic rings. The largest absolute Gasteiger partial charge is 0.492 e. The zero-order valence-electron chi connectivity index (χ0n) is 15.6. The molecule has 1 aromatic heterocycles. The van der Waals surface area contributed by atoms with Crippen LogP contribution in [-0.4, -0.2) is 28.6 Å². The molecular weight excluding hydrogens is 357 g/mol. The molecule has 2 aromatic carbocycles. The van der Waals surface area contributed by atoms with Gasteiger partial charge in [0, 0.05) is 25.0 Å². The minimum Gasteiger partial charge on any atom is -0.492 e. The van der Waals surface area contributed by atoms with Crippen molar-refractivity contribution in [2.24, 2.45) is 0 Å². The molecular formula is C22H22FN3O2. The van der Waals surface area contributed by atoms with Crippen molar-refractivity contribution in [3.05, 3.63) is 83.9 Å². The number of aromatic nitrogens is 1. The second-order valence-electron chi connectivity index (χ2n) is 6.64. The van der Waals surface area contributed by atoms with Gasteiger partial charge in [0.15, 0.2) is 0 Å². The van der Waals surface area contributed by atoms with Crippen LogP contribution in [0.25, 0.3) is 0 Å². The molecule has 0 saturated carbocycles. The highest BCUT2D eigenvalue weighted by molar-refractivity contribution is 5.91. The van der Waals surface area contributed by atoms with Crippen molar-refractivity contribution in [3.8, 4) is 5.75 Å². The fourth-order valence-electron chi connectivity index (χ4n) is 3.67. The van der Waals surface area contributed by atoms with E-state index >= 15 is 0 Å². The number of anilines is 1. The summed E-state index contributed by atoms with van der Waals surface area (Å²) in [6, 6.07) is 17.1. The second kappa shape index (κ2) is 7.76. The summed E-state index contributed by atoms with van der Waals surface area (Å²) in [6.07, 6.45) is 1.99. The maximum absolute atomic E-state index is 13.9. The number of nitrogens with zero attached hydrogens (tertiary/aromatic N) is 2. The topological polar surface area (TPSA) is 46.5 Å². The number of fused-ring (bicyclic) bond motifs is 1. The Balaban J connectivity index is 1.67. The van der Waals surface area contributed by atoms with Gasteiger partial charge in [0.1, 0.15) is 11.6 Å². The Labute approximate surface area is 163 Å². The number of hydrogen-bond donors (Lipinski definition) is 1. The maximum Gasteiger partial charge on any atom is 0.322 e. The Hall–Kier alpha value is -3.28. The molecule has 0 fully saturated rings. The fourth-order valence-corrected chi connectivity index (χ4v) is 3.67. The Morgan fingerprint density at radius 1 is 1.14 bits per heavy atom. The van der Waals surface area contributed by atoms with Crippen molar-refractivity contribution < 1.29 is 13.9 Å². The summed E-state index contributed by atoms with van der Waals surface area (Å²) in [5.74, 6) is 0.310. The number of benzene rings is 2. The lowest BCUT2D eigenvalue weighted by Gasteiger charge is -2.37. The van der Waals surface area contributed by atoms with Crippen LogP contribution in [0.5, 0.6) is 5.75 Å². The molecule has 1 aliphatic heterocycles. The molecule has 1 unspecified atom stereocenters. The third-order valence-electron chi connectivity index (χ3n) is 4.89. The molecule has 2 heterocycles. The molecule has 2 amide bonds. The second-order valence-corrected chi connectivity index (χ2v) is 6.64. The molecule has 0 radical (unpaired) electrons. The molecule has 5 nitrogen and oxygen atoms in total. The fraction of sp³-hybridized carbons (Fsp3) is 0.227. The van der Waals surface area contributed by atoms with E-state index in [9.17, 15) is 9.18 Å². The lowest BCUT2D eigenvalue weighted by atomic mass is 10.00. The quantitative estimate of drug-likeness (QED) is 0.716. The van der Waals surface area contributed by atoms with Crippen molar-refractivity contribution >= 4 is 11.7 Å². The number of rotatable bonds is 4. The summed E-state index contributed by atoms with van der Waals surface area (Å²) in [6.45, 7) is 3.62. The highest BCUT2D eigenvalue weighted by Gasteiger charge is 2.32. The van der Waals surface area contributed by atoms with Gasteiger partial charge in [0.25, 0.3) is 0 Å². The molecule has 6 heteroatoms. The minimum absolute atomic E-state index is 0.242. The first kappa shape index (κ1) is 18.1. The lowest BCUT2D eigenvalue weighted by Crippen LogP contribution is -2.44. The molecule has 1 aliphatic rings. The van der Waals surface area contributed by atoms with Gasteiger partial charge >= 0.3 is 6.03 Å². The third-order valence-corrected chi connectivity index (χ3v) is 4.89. The van der Waals surface area contributed by atoms with Crippen LogP contribution in [0, 0.1) is 5.82 Å². The first-order chi connectivity index (χ1) is 13.7. The van der Waals surface area contributed by atoms with E-state index in [2.05, 4.69) is 9.88 Å². The van der Waals surface area contributed by atoms with Gasteiger partial charge in [0.2, 0.25) is 0 Å². The van der Waals surface area contributed by atoms with Crippen LogP contribution in [0.1, 0.15) is 24.2 Å². The average molecular weight is 379 g/mol.